The molecule has 2 saturated heterocycles. The van der Waals surface area contributed by atoms with Gasteiger partial charge in [-0.1, -0.05) is 6.07 Å². The molecule has 4 amide bonds. The van der Waals surface area contributed by atoms with E-state index in [1.54, 1.807) is 16.2 Å². The summed E-state index contributed by atoms with van der Waals surface area (Å²) < 4.78 is 0. The van der Waals surface area contributed by atoms with Gasteiger partial charge < -0.3 is 10.2 Å². The molecule has 2 fully saturated rings. The highest BCUT2D eigenvalue weighted by atomic mass is 32.1. The number of rotatable bonds is 3. The summed E-state index contributed by atoms with van der Waals surface area (Å²) in [6.45, 7) is 1.39. The molecule has 1 aromatic rings. The molecule has 0 radical (unpaired) electrons. The minimum Gasteiger partial charge on any atom is -0.333 e. The highest BCUT2D eigenvalue weighted by molar-refractivity contribution is 7.09. The quantitative estimate of drug-likeness (QED) is 0.838. The van der Waals surface area contributed by atoms with Gasteiger partial charge in [0.05, 0.1) is 12.6 Å². The van der Waals surface area contributed by atoms with Crippen molar-refractivity contribution in [2.75, 3.05) is 13.1 Å². The number of carbonyl (C=O) groups excluding carboxylic acids is 3. The summed E-state index contributed by atoms with van der Waals surface area (Å²) in [5, 5.41) is 4.79. The van der Waals surface area contributed by atoms with Gasteiger partial charge in [0.25, 0.3) is 0 Å². The van der Waals surface area contributed by atoms with Crippen LogP contribution in [0.15, 0.2) is 17.5 Å². The van der Waals surface area contributed by atoms with E-state index < -0.39 is 0 Å². The fraction of sp³-hybridized carbons (Fsp3) is 0.462. The van der Waals surface area contributed by atoms with Gasteiger partial charge in [0.2, 0.25) is 11.8 Å². The second-order valence-corrected chi connectivity index (χ2v) is 5.99. The highest BCUT2D eigenvalue weighted by Crippen LogP contribution is 2.22. The first-order chi connectivity index (χ1) is 9.65. The summed E-state index contributed by atoms with van der Waals surface area (Å²) in [5.41, 5.74) is 0. The molecular weight excluding hydrogens is 278 g/mol. The van der Waals surface area contributed by atoms with E-state index in [9.17, 15) is 14.4 Å². The molecule has 7 heteroatoms. The normalized spacial score (nSPS) is 19.4. The van der Waals surface area contributed by atoms with Crippen LogP contribution in [-0.4, -0.2) is 46.8 Å². The van der Waals surface area contributed by atoms with Crippen molar-refractivity contribution in [1.82, 2.24) is 15.1 Å². The molecule has 0 bridgehead atoms. The molecule has 1 aromatic heterocycles. The van der Waals surface area contributed by atoms with Crippen molar-refractivity contribution >= 4 is 29.2 Å². The summed E-state index contributed by atoms with van der Waals surface area (Å²) in [7, 11) is 0. The van der Waals surface area contributed by atoms with Crippen molar-refractivity contribution in [2.24, 2.45) is 0 Å². The van der Waals surface area contributed by atoms with Crippen LogP contribution < -0.4 is 5.32 Å². The summed E-state index contributed by atoms with van der Waals surface area (Å²) in [4.78, 5) is 39.0. The predicted molar refractivity (Wildman–Crippen MR) is 73.0 cm³/mol. The van der Waals surface area contributed by atoms with Crippen LogP contribution in [0.4, 0.5) is 4.79 Å². The van der Waals surface area contributed by atoms with Crippen molar-refractivity contribution in [3.05, 3.63) is 22.4 Å². The van der Waals surface area contributed by atoms with Gasteiger partial charge >= 0.3 is 6.03 Å². The maximum Gasteiger partial charge on any atom is 0.317 e. The third-order valence-corrected chi connectivity index (χ3v) is 4.48. The van der Waals surface area contributed by atoms with Crippen LogP contribution >= 0.6 is 11.3 Å². The SMILES string of the molecule is O=C(NCc1cccs1)N1CC(N2C(=O)CCC2=O)C1. The zero-order chi connectivity index (χ0) is 14.1. The molecule has 3 heterocycles. The second kappa shape index (κ2) is 5.24. The Kier molecular flexibility index (Phi) is 3.43. The number of amides is 4. The molecule has 2 aliphatic rings. The number of hydrogen-bond donors (Lipinski definition) is 1. The predicted octanol–water partition coefficient (Wildman–Crippen LogP) is 0.791. The van der Waals surface area contributed by atoms with E-state index in [0.717, 1.165) is 4.88 Å². The maximum absolute atomic E-state index is 11.9. The number of urea groups is 1. The monoisotopic (exact) mass is 293 g/mol. The fourth-order valence-corrected chi connectivity index (χ4v) is 3.12. The van der Waals surface area contributed by atoms with Crippen LogP contribution in [0.25, 0.3) is 0 Å². The molecular formula is C13H15N3O3S. The molecule has 1 N–H and O–H groups in total. The van der Waals surface area contributed by atoms with Crippen molar-refractivity contribution in [1.29, 1.82) is 0 Å². The number of thiophene rings is 1. The van der Waals surface area contributed by atoms with Crippen LogP contribution in [0, 0.1) is 0 Å². The third kappa shape index (κ3) is 2.40. The number of nitrogens with one attached hydrogen (secondary N) is 1. The molecule has 0 saturated carbocycles. The van der Waals surface area contributed by atoms with Gasteiger partial charge in [-0.2, -0.15) is 0 Å². The fourth-order valence-electron chi connectivity index (χ4n) is 2.47. The minimum atomic E-state index is -0.145. The molecule has 0 aromatic carbocycles. The van der Waals surface area contributed by atoms with E-state index in [-0.39, 0.29) is 23.9 Å². The van der Waals surface area contributed by atoms with Crippen molar-refractivity contribution in [3.8, 4) is 0 Å². The Bertz CT molecular complexity index is 521. The van der Waals surface area contributed by atoms with E-state index in [2.05, 4.69) is 5.32 Å². The lowest BCUT2D eigenvalue weighted by atomic mass is 10.1. The molecule has 0 atom stereocenters. The average molecular weight is 293 g/mol. The zero-order valence-corrected chi connectivity index (χ0v) is 11.7. The lowest BCUT2D eigenvalue weighted by Gasteiger charge is -2.42. The van der Waals surface area contributed by atoms with Crippen LogP contribution in [0.5, 0.6) is 0 Å². The Hall–Kier alpha value is -1.89. The molecule has 2 aliphatic heterocycles. The first-order valence-corrected chi connectivity index (χ1v) is 7.43. The number of likely N-dealkylation sites (tertiary alicyclic amines) is 2. The van der Waals surface area contributed by atoms with Gasteiger partial charge in [0, 0.05) is 30.8 Å². The average Bonchev–Trinajstić information content (AvgIpc) is 2.99. The molecule has 106 valence electrons. The zero-order valence-electron chi connectivity index (χ0n) is 10.9. The Labute approximate surface area is 120 Å². The van der Waals surface area contributed by atoms with Crippen molar-refractivity contribution < 1.29 is 14.4 Å². The number of hydrogen-bond acceptors (Lipinski definition) is 4. The topological polar surface area (TPSA) is 69.7 Å². The minimum absolute atomic E-state index is 0.112. The molecule has 0 aliphatic carbocycles. The summed E-state index contributed by atoms with van der Waals surface area (Å²) >= 11 is 1.59. The summed E-state index contributed by atoms with van der Waals surface area (Å²) in [6, 6.07) is 3.63. The lowest BCUT2D eigenvalue weighted by molar-refractivity contribution is -0.144. The van der Waals surface area contributed by atoms with Gasteiger partial charge in [-0.25, -0.2) is 4.79 Å². The standard InChI is InChI=1S/C13H15N3O3S/c17-11-3-4-12(18)16(11)9-7-15(8-9)13(19)14-6-10-2-1-5-20-10/h1-2,5,9H,3-4,6-8H2,(H,14,19). The number of carbonyl (C=O) groups is 3. The van der Waals surface area contributed by atoms with Crippen LogP contribution in [0.1, 0.15) is 17.7 Å². The number of nitrogens with zero attached hydrogens (tertiary/aromatic N) is 2. The van der Waals surface area contributed by atoms with Crippen molar-refractivity contribution in [2.45, 2.75) is 25.4 Å². The Morgan fingerprint density at radius 3 is 2.60 bits per heavy atom. The summed E-state index contributed by atoms with van der Waals surface area (Å²) in [5.74, 6) is -0.225. The van der Waals surface area contributed by atoms with Gasteiger partial charge in [-0.3, -0.25) is 14.5 Å². The largest absolute Gasteiger partial charge is 0.333 e. The smallest absolute Gasteiger partial charge is 0.317 e. The van der Waals surface area contributed by atoms with E-state index in [1.807, 2.05) is 17.5 Å². The lowest BCUT2D eigenvalue weighted by Crippen LogP contribution is -2.63. The molecule has 3 rings (SSSR count). The molecule has 0 unspecified atom stereocenters. The van der Waals surface area contributed by atoms with Crippen LogP contribution in [0.3, 0.4) is 0 Å². The molecule has 20 heavy (non-hydrogen) atoms. The maximum atomic E-state index is 11.9. The van der Waals surface area contributed by atoms with Crippen LogP contribution in [0.2, 0.25) is 0 Å². The van der Waals surface area contributed by atoms with E-state index in [0.29, 0.717) is 32.5 Å². The van der Waals surface area contributed by atoms with Gasteiger partial charge in [-0.15, -0.1) is 11.3 Å². The van der Waals surface area contributed by atoms with Gasteiger partial charge in [0.15, 0.2) is 0 Å². The van der Waals surface area contributed by atoms with Gasteiger partial charge in [0.1, 0.15) is 0 Å². The third-order valence-electron chi connectivity index (χ3n) is 3.60. The first-order valence-electron chi connectivity index (χ1n) is 6.55. The van der Waals surface area contributed by atoms with E-state index >= 15 is 0 Å². The Morgan fingerprint density at radius 1 is 1.30 bits per heavy atom. The van der Waals surface area contributed by atoms with Crippen LogP contribution in [-0.2, 0) is 16.1 Å². The Morgan fingerprint density at radius 2 is 2.00 bits per heavy atom. The first kappa shape index (κ1) is 13.1. The van der Waals surface area contributed by atoms with Gasteiger partial charge in [-0.05, 0) is 11.4 Å². The number of imide groups is 1. The highest BCUT2D eigenvalue weighted by Gasteiger charge is 2.42. The van der Waals surface area contributed by atoms with E-state index in [4.69, 9.17) is 0 Å². The molecule has 0 spiro atoms. The van der Waals surface area contributed by atoms with E-state index in [1.165, 1.54) is 4.90 Å². The van der Waals surface area contributed by atoms with Crippen molar-refractivity contribution in [3.63, 3.8) is 0 Å². The second-order valence-electron chi connectivity index (χ2n) is 4.95. The Balaban J connectivity index is 1.46. The molecule has 6 nitrogen and oxygen atoms in total. The summed E-state index contributed by atoms with van der Waals surface area (Å²) in [6.07, 6.45) is 0.611.